The highest BCUT2D eigenvalue weighted by Crippen LogP contribution is 2.13. The molecule has 0 spiro atoms. The van der Waals surface area contributed by atoms with E-state index >= 15 is 0 Å². The van der Waals surface area contributed by atoms with Gasteiger partial charge >= 0.3 is 11.9 Å². The van der Waals surface area contributed by atoms with E-state index in [1.54, 1.807) is 13.8 Å². The van der Waals surface area contributed by atoms with Gasteiger partial charge in [0.05, 0.1) is 6.42 Å². The van der Waals surface area contributed by atoms with E-state index < -0.39 is 17.5 Å². The largest absolute Gasteiger partial charge is 0.481 e. The smallest absolute Gasteiger partial charge is 0.330 e. The Labute approximate surface area is 83.6 Å². The fourth-order valence-corrected chi connectivity index (χ4v) is 0.634. The lowest BCUT2D eigenvalue weighted by Gasteiger charge is -2.22. The third-order valence-electron chi connectivity index (χ3n) is 1.77. The maximum atomic E-state index is 11.1. The van der Waals surface area contributed by atoms with Crippen molar-refractivity contribution in [2.24, 2.45) is 0 Å². The van der Waals surface area contributed by atoms with Crippen molar-refractivity contribution in [3.8, 4) is 0 Å². The third-order valence-corrected chi connectivity index (χ3v) is 1.77. The summed E-state index contributed by atoms with van der Waals surface area (Å²) in [6, 6.07) is 0. The minimum absolute atomic E-state index is 0.165. The molecule has 14 heavy (non-hydrogen) atoms. The third kappa shape index (κ3) is 6.22. The van der Waals surface area contributed by atoms with Crippen LogP contribution in [0.5, 0.6) is 0 Å². The summed E-state index contributed by atoms with van der Waals surface area (Å²) in [7, 11) is 0. The van der Waals surface area contributed by atoms with Crippen LogP contribution in [0.15, 0.2) is 12.2 Å². The van der Waals surface area contributed by atoms with Crippen LogP contribution in [0.1, 0.15) is 33.6 Å². The molecular formula is C10H16O4. The molecule has 0 atom stereocenters. The van der Waals surface area contributed by atoms with Gasteiger partial charge in [0.2, 0.25) is 0 Å². The van der Waals surface area contributed by atoms with Gasteiger partial charge in [-0.05, 0) is 20.3 Å². The van der Waals surface area contributed by atoms with Gasteiger partial charge in [0, 0.05) is 6.08 Å². The number of ether oxygens (including phenoxy) is 1. The molecule has 0 bridgehead atoms. The van der Waals surface area contributed by atoms with Crippen LogP contribution in [0.4, 0.5) is 0 Å². The predicted molar refractivity (Wildman–Crippen MR) is 51.9 cm³/mol. The number of aliphatic carboxylic acids is 1. The molecule has 0 amide bonds. The van der Waals surface area contributed by atoms with E-state index in [0.717, 1.165) is 6.08 Å². The van der Waals surface area contributed by atoms with Gasteiger partial charge in [-0.25, -0.2) is 4.79 Å². The Kier molecular flexibility index (Phi) is 4.91. The molecule has 4 nitrogen and oxygen atoms in total. The van der Waals surface area contributed by atoms with Gasteiger partial charge in [-0.2, -0.15) is 0 Å². The van der Waals surface area contributed by atoms with E-state index in [4.69, 9.17) is 9.84 Å². The molecule has 0 aromatic carbocycles. The number of carboxylic acids is 1. The zero-order chi connectivity index (χ0) is 11.2. The van der Waals surface area contributed by atoms with Crippen molar-refractivity contribution in [1.82, 2.24) is 0 Å². The van der Waals surface area contributed by atoms with Crippen molar-refractivity contribution in [3.63, 3.8) is 0 Å². The first-order valence-corrected chi connectivity index (χ1v) is 4.48. The molecule has 0 fully saturated rings. The number of esters is 1. The lowest BCUT2D eigenvalue weighted by molar-refractivity contribution is -0.150. The Morgan fingerprint density at radius 3 is 2.43 bits per heavy atom. The number of hydrogen-bond acceptors (Lipinski definition) is 3. The molecule has 1 N–H and O–H groups in total. The van der Waals surface area contributed by atoms with Crippen LogP contribution in [0.3, 0.4) is 0 Å². The zero-order valence-corrected chi connectivity index (χ0v) is 8.74. The summed E-state index contributed by atoms with van der Waals surface area (Å²) in [5.74, 6) is -1.47. The number of carbonyl (C=O) groups is 2. The summed E-state index contributed by atoms with van der Waals surface area (Å²) in [5, 5.41) is 8.30. The summed E-state index contributed by atoms with van der Waals surface area (Å²) in [6.07, 6.45) is 2.97. The maximum Gasteiger partial charge on any atom is 0.330 e. The maximum absolute atomic E-state index is 11.1. The molecule has 0 aliphatic rings. The van der Waals surface area contributed by atoms with Crippen molar-refractivity contribution in [2.75, 3.05) is 0 Å². The van der Waals surface area contributed by atoms with E-state index in [1.165, 1.54) is 6.08 Å². The van der Waals surface area contributed by atoms with Crippen LogP contribution in [-0.4, -0.2) is 22.6 Å². The molecule has 80 valence electrons. The Bertz CT molecular complexity index is 241. The second-order valence-corrected chi connectivity index (χ2v) is 3.53. The predicted octanol–water partition coefficient (Wildman–Crippen LogP) is 1.75. The van der Waals surface area contributed by atoms with E-state index in [1.807, 2.05) is 6.92 Å². The average molecular weight is 200 g/mol. The molecule has 0 saturated heterocycles. The molecular weight excluding hydrogens is 184 g/mol. The second kappa shape index (κ2) is 5.42. The Hall–Kier alpha value is -1.32. The van der Waals surface area contributed by atoms with Crippen molar-refractivity contribution in [2.45, 2.75) is 39.2 Å². The Morgan fingerprint density at radius 2 is 2.00 bits per heavy atom. The molecule has 0 aromatic rings. The van der Waals surface area contributed by atoms with Crippen LogP contribution in [0.25, 0.3) is 0 Å². The minimum atomic E-state index is -0.969. The molecule has 0 aliphatic heterocycles. The SMILES string of the molecule is CCC(C)(C)OC(=O)/C=C/CC(=O)O. The van der Waals surface area contributed by atoms with Gasteiger partial charge in [0.1, 0.15) is 5.60 Å². The second-order valence-electron chi connectivity index (χ2n) is 3.53. The standard InChI is InChI=1S/C10H16O4/c1-4-10(2,3)14-9(13)7-5-6-8(11)12/h5,7H,4,6H2,1-3H3,(H,11,12)/b7-5+. The summed E-state index contributed by atoms with van der Waals surface area (Å²) >= 11 is 0. The van der Waals surface area contributed by atoms with E-state index in [2.05, 4.69) is 0 Å². The van der Waals surface area contributed by atoms with Gasteiger partial charge in [-0.1, -0.05) is 13.0 Å². The van der Waals surface area contributed by atoms with Gasteiger partial charge in [-0.3, -0.25) is 4.79 Å². The monoisotopic (exact) mass is 200 g/mol. The van der Waals surface area contributed by atoms with Crippen molar-refractivity contribution < 1.29 is 19.4 Å². The van der Waals surface area contributed by atoms with Gasteiger partial charge < -0.3 is 9.84 Å². The molecule has 0 heterocycles. The van der Waals surface area contributed by atoms with Crippen LogP contribution in [0, 0.1) is 0 Å². The minimum Gasteiger partial charge on any atom is -0.481 e. The number of hydrogen-bond donors (Lipinski definition) is 1. The normalized spacial score (nSPS) is 11.6. The van der Waals surface area contributed by atoms with Crippen LogP contribution >= 0.6 is 0 Å². The lowest BCUT2D eigenvalue weighted by Crippen LogP contribution is -2.25. The van der Waals surface area contributed by atoms with Crippen LogP contribution in [0.2, 0.25) is 0 Å². The molecule has 0 unspecified atom stereocenters. The Morgan fingerprint density at radius 1 is 1.43 bits per heavy atom. The zero-order valence-electron chi connectivity index (χ0n) is 8.74. The molecule has 0 rings (SSSR count). The van der Waals surface area contributed by atoms with E-state index in [-0.39, 0.29) is 6.42 Å². The summed E-state index contributed by atoms with van der Waals surface area (Å²) in [4.78, 5) is 21.2. The number of carboxylic acid groups (broad SMARTS) is 1. The topological polar surface area (TPSA) is 63.6 Å². The van der Waals surface area contributed by atoms with Crippen LogP contribution < -0.4 is 0 Å². The molecule has 0 aliphatic carbocycles. The Balaban J connectivity index is 3.98. The lowest BCUT2D eigenvalue weighted by atomic mass is 10.1. The molecule has 4 heteroatoms. The van der Waals surface area contributed by atoms with Gasteiger partial charge in [0.15, 0.2) is 0 Å². The quantitative estimate of drug-likeness (QED) is 0.542. The summed E-state index contributed by atoms with van der Waals surface area (Å²) in [6.45, 7) is 5.51. The fraction of sp³-hybridized carbons (Fsp3) is 0.600. The molecule has 0 saturated carbocycles. The van der Waals surface area contributed by atoms with Gasteiger partial charge in [0.25, 0.3) is 0 Å². The first-order valence-electron chi connectivity index (χ1n) is 4.48. The first kappa shape index (κ1) is 12.7. The highest BCUT2D eigenvalue weighted by molar-refractivity contribution is 5.83. The van der Waals surface area contributed by atoms with Gasteiger partial charge in [-0.15, -0.1) is 0 Å². The highest BCUT2D eigenvalue weighted by atomic mass is 16.6. The molecule has 0 aromatic heterocycles. The molecule has 0 radical (unpaired) electrons. The first-order chi connectivity index (χ1) is 6.37. The summed E-state index contributed by atoms with van der Waals surface area (Å²) < 4.78 is 5.05. The van der Waals surface area contributed by atoms with E-state index in [0.29, 0.717) is 6.42 Å². The van der Waals surface area contributed by atoms with Crippen LogP contribution in [-0.2, 0) is 14.3 Å². The van der Waals surface area contributed by atoms with E-state index in [9.17, 15) is 9.59 Å². The van der Waals surface area contributed by atoms with Crippen molar-refractivity contribution >= 4 is 11.9 Å². The highest BCUT2D eigenvalue weighted by Gasteiger charge is 2.18. The van der Waals surface area contributed by atoms with Crippen molar-refractivity contribution in [3.05, 3.63) is 12.2 Å². The fourth-order valence-electron chi connectivity index (χ4n) is 0.634. The van der Waals surface area contributed by atoms with Crippen molar-refractivity contribution in [1.29, 1.82) is 0 Å². The average Bonchev–Trinajstić information content (AvgIpc) is 2.02. The number of carbonyl (C=O) groups excluding carboxylic acids is 1. The number of rotatable bonds is 5. The summed E-state index contributed by atoms with van der Waals surface area (Å²) in [5.41, 5.74) is -0.495.